The fourth-order valence-electron chi connectivity index (χ4n) is 3.45. The molecule has 0 radical (unpaired) electrons. The van der Waals surface area contributed by atoms with Crippen LogP contribution in [0.4, 0.5) is 149 Å². The third-order valence-electron chi connectivity index (χ3n) is 7.12. The van der Waals surface area contributed by atoms with Crippen LogP contribution in [0.2, 0.25) is 0 Å². The molecule has 0 aromatic heterocycles. The number of rotatable bonds is 18. The maximum absolute atomic E-state index is 13.9. The summed E-state index contributed by atoms with van der Waals surface area (Å²) in [6.45, 7) is 0. The van der Waals surface area contributed by atoms with Crippen molar-refractivity contribution in [1.82, 2.24) is 0 Å². The highest BCUT2D eigenvalue weighted by molar-refractivity contribution is 7.57. The molecule has 57 heavy (non-hydrogen) atoms. The highest BCUT2D eigenvalue weighted by Crippen LogP contribution is 2.67. The van der Waals surface area contributed by atoms with Crippen molar-refractivity contribution < 1.29 is 159 Å². The van der Waals surface area contributed by atoms with Gasteiger partial charge >= 0.3 is 95.3 Å². The largest absolute Gasteiger partial charge is 0.460 e. The van der Waals surface area contributed by atoms with E-state index in [1.165, 1.54) is 0 Å². The Kier molecular flexibility index (Phi) is 13.4. The van der Waals surface area contributed by atoms with Gasteiger partial charge in [0.2, 0.25) is 7.37 Å². The average molecular weight is 958 g/mol. The van der Waals surface area contributed by atoms with E-state index in [0.717, 1.165) is 0 Å². The third kappa shape index (κ3) is 7.61. The molecule has 0 amide bonds. The maximum atomic E-state index is 13.9. The second-order valence-corrected chi connectivity index (χ2v) is 13.7. The second-order valence-electron chi connectivity index (χ2n) is 11.1. The van der Waals surface area contributed by atoms with Gasteiger partial charge in [-0.1, -0.05) is 0 Å². The molecular weight excluding hydrogens is 949 g/mol. The van der Waals surface area contributed by atoms with Gasteiger partial charge in [-0.3, -0.25) is 4.57 Å². The van der Waals surface area contributed by atoms with Gasteiger partial charge in [-0.15, -0.1) is 0 Å². The quantitative estimate of drug-likeness (QED) is 0.110. The first-order chi connectivity index (χ1) is 23.9. The van der Waals surface area contributed by atoms with Gasteiger partial charge in [-0.05, 0) is 0 Å². The van der Waals surface area contributed by atoms with Crippen molar-refractivity contribution in [3.63, 3.8) is 0 Å². The van der Waals surface area contributed by atoms with E-state index in [2.05, 4.69) is 0 Å². The molecule has 0 aromatic carbocycles. The molecule has 0 aliphatic heterocycles. The van der Waals surface area contributed by atoms with E-state index in [9.17, 15) is 159 Å². The van der Waals surface area contributed by atoms with Crippen molar-refractivity contribution in [1.29, 1.82) is 0 Å². The fraction of sp³-hybridized carbons (Fsp3) is 1.00. The maximum Gasteiger partial charge on any atom is 0.460 e. The van der Waals surface area contributed by atoms with Gasteiger partial charge in [0.15, 0.2) is 0 Å². The molecule has 0 saturated carbocycles. The van der Waals surface area contributed by atoms with Gasteiger partial charge in [-0.25, -0.2) is 0 Å². The predicted molar refractivity (Wildman–Crippen MR) is 110 cm³/mol. The van der Waals surface area contributed by atoms with Crippen LogP contribution >= 0.6 is 7.37 Å². The van der Waals surface area contributed by atoms with Gasteiger partial charge in [0, 0.05) is 25.2 Å². The Bertz CT molecular complexity index is 1380. The highest BCUT2D eigenvalue weighted by atomic mass is 31.2. The van der Waals surface area contributed by atoms with E-state index >= 15 is 0 Å². The Balaban J connectivity index is 6.67. The van der Waals surface area contributed by atoms with E-state index in [4.69, 9.17) is 0 Å². The first-order valence-electron chi connectivity index (χ1n) is 12.6. The SMILES string of the molecule is O=P(O)(CCC(F)(F)C(F)(F)C(F)(F)C(F)(F)C(F)(F)C(F)(F)C(F)(F)C(F)(F)F)CCC(F)(F)C(F)(F)C(F)(F)C(F)(F)C(F)(F)C(F)(F)C(F)(F)C(F)(F)F. The Morgan fingerprint density at radius 2 is 0.404 bits per heavy atom. The lowest BCUT2D eigenvalue weighted by Crippen LogP contribution is -2.74. The minimum atomic E-state index is -9.21. The van der Waals surface area contributed by atoms with Crippen molar-refractivity contribution in [2.75, 3.05) is 12.3 Å². The van der Waals surface area contributed by atoms with Crippen LogP contribution < -0.4 is 0 Å². The summed E-state index contributed by atoms with van der Waals surface area (Å²) in [5.41, 5.74) is 0. The lowest BCUT2D eigenvalue weighted by atomic mass is 9.88. The van der Waals surface area contributed by atoms with Crippen molar-refractivity contribution >= 4 is 7.37 Å². The first kappa shape index (κ1) is 54.8. The van der Waals surface area contributed by atoms with Crippen LogP contribution in [0.5, 0.6) is 0 Å². The van der Waals surface area contributed by atoms with Crippen LogP contribution in [-0.2, 0) is 4.57 Å². The molecule has 344 valence electrons. The number of alkyl halides is 34. The lowest BCUT2D eigenvalue weighted by Gasteiger charge is -2.43. The van der Waals surface area contributed by atoms with Crippen LogP contribution in [0, 0.1) is 0 Å². The Labute approximate surface area is 287 Å². The van der Waals surface area contributed by atoms with E-state index in [1.54, 1.807) is 0 Å². The standard InChI is InChI=1S/C20H9F34O2P/c21-5(22,7(25,26)9(29,30)11(33,34)13(37,38)15(41,42)17(45,46)19(49,50)51)1-3-57(55,56)4-2-6(23,24)8(27,28)10(31,32)12(35,36)14(39,40)16(43,44)18(47,48)20(52,53)54/h1-4H2,(H,55,56). The summed E-state index contributed by atoms with van der Waals surface area (Å²) >= 11 is 0. The summed E-state index contributed by atoms with van der Waals surface area (Å²) < 4.78 is 463. The predicted octanol–water partition coefficient (Wildman–Crippen LogP) is 12.1. The molecule has 37 heteroatoms. The second kappa shape index (κ2) is 13.9. The Hall–Kier alpha value is -2.19. The highest BCUT2D eigenvalue weighted by Gasteiger charge is 2.97. The van der Waals surface area contributed by atoms with Gasteiger partial charge in [0.1, 0.15) is 0 Å². The van der Waals surface area contributed by atoms with Crippen LogP contribution in [0.25, 0.3) is 0 Å². The van der Waals surface area contributed by atoms with Gasteiger partial charge in [-0.2, -0.15) is 149 Å². The van der Waals surface area contributed by atoms with E-state index in [-0.39, 0.29) is 0 Å². The minimum absolute atomic E-state index is 3.37. The Morgan fingerprint density at radius 3 is 0.561 bits per heavy atom. The number of hydrogen-bond acceptors (Lipinski definition) is 1. The van der Waals surface area contributed by atoms with E-state index in [0.29, 0.717) is 0 Å². The summed E-state index contributed by atoms with van der Waals surface area (Å²) in [5.74, 6) is -122. The zero-order valence-electron chi connectivity index (χ0n) is 25.0. The topological polar surface area (TPSA) is 37.3 Å². The zero-order valence-corrected chi connectivity index (χ0v) is 25.9. The molecule has 0 heterocycles. The molecule has 0 fully saturated rings. The fourth-order valence-corrected chi connectivity index (χ4v) is 4.93. The number of hydrogen-bond donors (Lipinski definition) is 1. The molecule has 0 bridgehead atoms. The molecule has 0 aliphatic carbocycles. The number of halogens is 34. The summed E-state index contributed by atoms with van der Waals surface area (Å²) in [7, 11) is -6.89. The van der Waals surface area contributed by atoms with Crippen molar-refractivity contribution in [2.24, 2.45) is 0 Å². The van der Waals surface area contributed by atoms with Crippen LogP contribution in [0.15, 0.2) is 0 Å². The summed E-state index contributed by atoms with van der Waals surface area (Å²) in [5, 5.41) is 0. The molecule has 1 N–H and O–H groups in total. The molecule has 2 nitrogen and oxygen atoms in total. The first-order valence-corrected chi connectivity index (χ1v) is 14.7. The Morgan fingerprint density at radius 1 is 0.263 bits per heavy atom. The molecule has 0 aromatic rings. The molecule has 0 spiro atoms. The molecule has 0 saturated heterocycles. The van der Waals surface area contributed by atoms with Gasteiger partial charge < -0.3 is 4.89 Å². The molecule has 0 rings (SSSR count). The molecule has 0 atom stereocenters. The van der Waals surface area contributed by atoms with E-state index in [1.807, 2.05) is 0 Å². The summed E-state index contributed by atoms with van der Waals surface area (Å²) in [6, 6.07) is 0. The van der Waals surface area contributed by atoms with Gasteiger partial charge in [0.05, 0.1) is 0 Å². The monoisotopic (exact) mass is 958 g/mol. The molecular formula is C20H9F34O2P. The van der Waals surface area contributed by atoms with Crippen LogP contribution in [0.3, 0.4) is 0 Å². The van der Waals surface area contributed by atoms with Crippen molar-refractivity contribution in [3.8, 4) is 0 Å². The third-order valence-corrected chi connectivity index (χ3v) is 8.97. The van der Waals surface area contributed by atoms with Gasteiger partial charge in [0.25, 0.3) is 0 Å². The smallest absolute Gasteiger partial charge is 0.344 e. The molecule has 0 unspecified atom stereocenters. The lowest BCUT2D eigenvalue weighted by molar-refractivity contribution is -0.461. The van der Waals surface area contributed by atoms with Crippen LogP contribution in [0.1, 0.15) is 12.8 Å². The van der Waals surface area contributed by atoms with Crippen LogP contribution in [-0.4, -0.2) is 112 Å². The summed E-state index contributed by atoms with van der Waals surface area (Å²) in [6.07, 6.45) is -31.0. The van der Waals surface area contributed by atoms with E-state index < -0.39 is 128 Å². The summed E-state index contributed by atoms with van der Waals surface area (Å²) in [4.78, 5) is 9.21. The van der Waals surface area contributed by atoms with Crippen molar-refractivity contribution in [2.45, 2.75) is 108 Å². The normalized spacial score (nSPS) is 17.0. The zero-order chi connectivity index (χ0) is 47.3. The average Bonchev–Trinajstić information content (AvgIpc) is 2.96. The van der Waals surface area contributed by atoms with Crippen molar-refractivity contribution in [3.05, 3.63) is 0 Å². The minimum Gasteiger partial charge on any atom is -0.344 e. The molecule has 0 aliphatic rings.